The molecule has 0 aliphatic carbocycles. The summed E-state index contributed by atoms with van der Waals surface area (Å²) in [5.74, 6) is -1.72. The molecule has 0 aliphatic heterocycles. The van der Waals surface area contributed by atoms with Crippen molar-refractivity contribution >= 4 is 29.1 Å². The highest BCUT2D eigenvalue weighted by molar-refractivity contribution is 6.32. The molecule has 9 heteroatoms. The molecule has 158 valence electrons. The monoisotopic (exact) mass is 438 g/mol. The topological polar surface area (TPSA) is 81.4 Å². The number of hydrogen-bond acceptors (Lipinski definition) is 4. The van der Waals surface area contributed by atoms with Crippen LogP contribution >= 0.6 is 11.6 Å². The van der Waals surface area contributed by atoms with Crippen molar-refractivity contribution in [2.45, 2.75) is 31.9 Å². The molecule has 0 aromatic heterocycles. The normalized spacial score (nSPS) is 13.3. The second-order valence-corrected chi connectivity index (χ2v) is 7.10. The van der Waals surface area contributed by atoms with Gasteiger partial charge in [-0.2, -0.15) is 18.4 Å². The number of aliphatic hydroxyl groups is 1. The molecule has 2 aromatic rings. The average Bonchev–Trinajstić information content (AvgIpc) is 2.72. The van der Waals surface area contributed by atoms with Crippen LogP contribution in [-0.2, 0) is 21.2 Å². The fourth-order valence-corrected chi connectivity index (χ4v) is 3.30. The second-order valence-electron chi connectivity index (χ2n) is 6.70. The van der Waals surface area contributed by atoms with Crippen molar-refractivity contribution in [3.05, 3.63) is 64.2 Å². The van der Waals surface area contributed by atoms with E-state index < -0.39 is 41.1 Å². The number of nitriles is 1. The van der Waals surface area contributed by atoms with Gasteiger partial charge in [0, 0.05) is 11.4 Å². The Morgan fingerprint density at radius 3 is 2.30 bits per heavy atom. The number of nitrogens with zero attached hydrogens (tertiary/aromatic N) is 2. The molecule has 1 atom stereocenters. The lowest BCUT2D eigenvalue weighted by molar-refractivity contribution is -0.138. The summed E-state index contributed by atoms with van der Waals surface area (Å²) in [5, 5.41) is 19.1. The Bertz CT molecular complexity index is 1020. The third kappa shape index (κ3) is 4.32. The third-order valence-electron chi connectivity index (χ3n) is 4.70. The second kappa shape index (κ2) is 8.86. The van der Waals surface area contributed by atoms with Crippen LogP contribution in [0, 0.1) is 11.3 Å². The summed E-state index contributed by atoms with van der Waals surface area (Å²) in [6, 6.07) is 10.2. The molecule has 0 bridgehead atoms. The van der Waals surface area contributed by atoms with Crippen molar-refractivity contribution < 1.29 is 27.9 Å². The van der Waals surface area contributed by atoms with Crippen LogP contribution in [0.3, 0.4) is 0 Å². The van der Waals surface area contributed by atoms with Crippen LogP contribution in [0.15, 0.2) is 42.5 Å². The van der Waals surface area contributed by atoms with Crippen LogP contribution in [0.4, 0.5) is 18.9 Å². The third-order valence-corrected chi connectivity index (χ3v) is 5.03. The van der Waals surface area contributed by atoms with Crippen LogP contribution in [-0.4, -0.2) is 23.5 Å². The van der Waals surface area contributed by atoms with Crippen LogP contribution in [0.1, 0.15) is 37.0 Å². The first-order chi connectivity index (χ1) is 14.0. The van der Waals surface area contributed by atoms with Crippen molar-refractivity contribution in [3.63, 3.8) is 0 Å². The predicted molar refractivity (Wildman–Crippen MR) is 105 cm³/mol. The number of hydrogen-bond donors (Lipinski definition) is 1. The first-order valence-electron chi connectivity index (χ1n) is 8.85. The fraction of sp³-hybridized carbons (Fsp3) is 0.286. The molecule has 0 saturated carbocycles. The SMILES string of the molecule is CCC(=O)N(C(=O)C(C)(CO)c1ccccc1Cl)c1ccc(C#N)c(C(F)(F)F)c1. The van der Waals surface area contributed by atoms with E-state index >= 15 is 0 Å². The zero-order chi connectivity index (χ0) is 22.7. The summed E-state index contributed by atoms with van der Waals surface area (Å²) in [6.07, 6.45) is -5.05. The van der Waals surface area contributed by atoms with Gasteiger partial charge in [-0.05, 0) is 36.8 Å². The lowest BCUT2D eigenvalue weighted by Gasteiger charge is -2.33. The van der Waals surface area contributed by atoms with E-state index in [2.05, 4.69) is 0 Å². The highest BCUT2D eigenvalue weighted by Crippen LogP contribution is 2.37. The van der Waals surface area contributed by atoms with Crippen LogP contribution in [0.2, 0.25) is 5.02 Å². The zero-order valence-corrected chi connectivity index (χ0v) is 16.9. The highest BCUT2D eigenvalue weighted by atomic mass is 35.5. The van der Waals surface area contributed by atoms with Crippen LogP contribution in [0.25, 0.3) is 0 Å². The summed E-state index contributed by atoms with van der Waals surface area (Å²) in [7, 11) is 0. The molecule has 2 amide bonds. The number of anilines is 1. The summed E-state index contributed by atoms with van der Waals surface area (Å²) in [4.78, 5) is 26.6. The number of rotatable bonds is 5. The summed E-state index contributed by atoms with van der Waals surface area (Å²) in [5.41, 5.74) is -3.75. The van der Waals surface area contributed by atoms with Gasteiger partial charge >= 0.3 is 6.18 Å². The van der Waals surface area contributed by atoms with Gasteiger partial charge in [0.25, 0.3) is 0 Å². The number of imide groups is 1. The van der Waals surface area contributed by atoms with E-state index in [9.17, 15) is 27.9 Å². The molecule has 1 N–H and O–H groups in total. The molecule has 1 unspecified atom stereocenters. The molecule has 0 spiro atoms. The van der Waals surface area contributed by atoms with Crippen molar-refractivity contribution in [1.82, 2.24) is 0 Å². The lowest BCUT2D eigenvalue weighted by Crippen LogP contribution is -2.50. The molecule has 0 aliphatic rings. The summed E-state index contributed by atoms with van der Waals surface area (Å²) < 4.78 is 40.2. The Morgan fingerprint density at radius 2 is 1.80 bits per heavy atom. The lowest BCUT2D eigenvalue weighted by atomic mass is 9.81. The maximum Gasteiger partial charge on any atom is 0.417 e. The Labute approximate surface area is 176 Å². The summed E-state index contributed by atoms with van der Waals surface area (Å²) in [6.45, 7) is 2.05. The van der Waals surface area contributed by atoms with Gasteiger partial charge in [0.1, 0.15) is 0 Å². The Hall–Kier alpha value is -2.89. The largest absolute Gasteiger partial charge is 0.417 e. The summed E-state index contributed by atoms with van der Waals surface area (Å²) >= 11 is 6.17. The minimum atomic E-state index is -4.87. The number of amides is 2. The van der Waals surface area contributed by atoms with E-state index in [-0.39, 0.29) is 22.7 Å². The minimum Gasteiger partial charge on any atom is -0.395 e. The van der Waals surface area contributed by atoms with Gasteiger partial charge in [0.2, 0.25) is 11.8 Å². The maximum atomic E-state index is 13.4. The van der Waals surface area contributed by atoms with E-state index in [0.717, 1.165) is 12.1 Å². The van der Waals surface area contributed by atoms with E-state index in [4.69, 9.17) is 16.9 Å². The quantitative estimate of drug-likeness (QED) is 0.747. The van der Waals surface area contributed by atoms with Gasteiger partial charge in [-0.3, -0.25) is 9.59 Å². The molecule has 5 nitrogen and oxygen atoms in total. The maximum absolute atomic E-state index is 13.4. The van der Waals surface area contributed by atoms with E-state index in [1.807, 2.05) is 0 Å². The van der Waals surface area contributed by atoms with E-state index in [1.54, 1.807) is 12.1 Å². The van der Waals surface area contributed by atoms with E-state index in [1.165, 1.54) is 32.0 Å². The Balaban J connectivity index is 2.69. The molecule has 0 radical (unpaired) electrons. The van der Waals surface area contributed by atoms with Gasteiger partial charge < -0.3 is 5.11 Å². The molecule has 30 heavy (non-hydrogen) atoms. The smallest absolute Gasteiger partial charge is 0.395 e. The molecule has 0 fully saturated rings. The van der Waals surface area contributed by atoms with Crippen molar-refractivity contribution in [3.8, 4) is 6.07 Å². The van der Waals surface area contributed by atoms with Crippen LogP contribution < -0.4 is 4.90 Å². The van der Waals surface area contributed by atoms with Crippen molar-refractivity contribution in [1.29, 1.82) is 5.26 Å². The highest BCUT2D eigenvalue weighted by Gasteiger charge is 2.43. The predicted octanol–water partition coefficient (Wildman–Crippen LogP) is 4.45. The van der Waals surface area contributed by atoms with Gasteiger partial charge in [-0.25, -0.2) is 4.90 Å². The van der Waals surface area contributed by atoms with Crippen molar-refractivity contribution in [2.75, 3.05) is 11.5 Å². The molecular formula is C21H18ClF3N2O3. The standard InChI is InChI=1S/C21H18ClF3N2O3/c1-3-18(29)27(14-9-8-13(11-26)16(10-14)21(23,24)25)19(30)20(2,12-28)15-6-4-5-7-17(15)22/h4-10,28H,3,12H2,1-2H3. The van der Waals surface area contributed by atoms with Crippen molar-refractivity contribution in [2.24, 2.45) is 0 Å². The number of halogens is 4. The molecule has 2 rings (SSSR count). The number of aliphatic hydroxyl groups excluding tert-OH is 1. The first-order valence-corrected chi connectivity index (χ1v) is 9.23. The average molecular weight is 439 g/mol. The van der Waals surface area contributed by atoms with E-state index in [0.29, 0.717) is 11.0 Å². The molecule has 0 saturated heterocycles. The Morgan fingerprint density at radius 1 is 1.17 bits per heavy atom. The molecule has 2 aromatic carbocycles. The van der Waals surface area contributed by atoms with Gasteiger partial charge in [0.15, 0.2) is 0 Å². The van der Waals surface area contributed by atoms with Gasteiger partial charge in [0.05, 0.1) is 34.9 Å². The molecule has 0 heterocycles. The van der Waals surface area contributed by atoms with Gasteiger partial charge in [-0.15, -0.1) is 0 Å². The zero-order valence-electron chi connectivity index (χ0n) is 16.1. The number of carbonyl (C=O) groups excluding carboxylic acids is 2. The van der Waals surface area contributed by atoms with Crippen LogP contribution in [0.5, 0.6) is 0 Å². The van der Waals surface area contributed by atoms with Gasteiger partial charge in [-0.1, -0.05) is 36.7 Å². The minimum absolute atomic E-state index is 0.155. The number of benzene rings is 2. The first kappa shape index (κ1) is 23.4. The fourth-order valence-electron chi connectivity index (χ4n) is 2.96. The Kier molecular flexibility index (Phi) is 6.91. The number of alkyl halides is 3. The number of carbonyl (C=O) groups is 2. The molecular weight excluding hydrogens is 421 g/mol.